The predicted octanol–water partition coefficient (Wildman–Crippen LogP) is 2.10. The smallest absolute Gasteiger partial charge is 0.0683 e. The van der Waals surface area contributed by atoms with Gasteiger partial charge in [0, 0.05) is 6.20 Å². The molecule has 0 atom stereocenters. The van der Waals surface area contributed by atoms with E-state index in [9.17, 15) is 0 Å². The van der Waals surface area contributed by atoms with Crippen molar-refractivity contribution in [1.29, 1.82) is 0 Å². The molecule has 1 aromatic heterocycles. The Morgan fingerprint density at radius 2 is 1.94 bits per heavy atom. The van der Waals surface area contributed by atoms with Gasteiger partial charge in [-0.3, -0.25) is 4.68 Å². The van der Waals surface area contributed by atoms with E-state index < -0.39 is 0 Å². The maximum atomic E-state index is 8.93. The van der Waals surface area contributed by atoms with E-state index in [1.165, 1.54) is 5.56 Å². The number of rotatable bonds is 4. The average Bonchev–Trinajstić information content (AvgIpc) is 2.78. The van der Waals surface area contributed by atoms with E-state index in [-0.39, 0.29) is 6.61 Å². The third-order valence-electron chi connectivity index (χ3n) is 2.69. The predicted molar refractivity (Wildman–Crippen MR) is 64.1 cm³/mol. The van der Waals surface area contributed by atoms with E-state index in [0.717, 1.165) is 17.7 Å². The summed E-state index contributed by atoms with van der Waals surface area (Å²) in [4.78, 5) is 0. The van der Waals surface area contributed by atoms with E-state index in [0.29, 0.717) is 6.54 Å². The third-order valence-corrected chi connectivity index (χ3v) is 2.69. The average molecular weight is 216 g/mol. The maximum Gasteiger partial charge on any atom is 0.0683 e. The Labute approximate surface area is 95.3 Å². The molecular weight excluding hydrogens is 200 g/mol. The standard InChI is InChI=1S/C13H16N2O/c1-2-11-3-5-12(6-4-11)13-7-8-14-15(13)9-10-16/h3-8,16H,2,9-10H2,1H3. The van der Waals surface area contributed by atoms with Crippen molar-refractivity contribution in [2.45, 2.75) is 19.9 Å². The van der Waals surface area contributed by atoms with Crippen molar-refractivity contribution < 1.29 is 5.11 Å². The topological polar surface area (TPSA) is 38.0 Å². The maximum absolute atomic E-state index is 8.93. The van der Waals surface area contributed by atoms with Crippen LogP contribution in [-0.4, -0.2) is 21.5 Å². The first-order valence-corrected chi connectivity index (χ1v) is 5.57. The lowest BCUT2D eigenvalue weighted by molar-refractivity contribution is 0.270. The zero-order chi connectivity index (χ0) is 11.4. The van der Waals surface area contributed by atoms with Gasteiger partial charge < -0.3 is 5.11 Å². The Bertz CT molecular complexity index is 445. The van der Waals surface area contributed by atoms with Crippen LogP contribution in [0.4, 0.5) is 0 Å². The third kappa shape index (κ3) is 2.14. The molecule has 0 bridgehead atoms. The first kappa shape index (κ1) is 10.9. The fourth-order valence-electron chi connectivity index (χ4n) is 1.76. The van der Waals surface area contributed by atoms with Gasteiger partial charge in [-0.2, -0.15) is 5.10 Å². The molecule has 0 aliphatic heterocycles. The molecule has 1 heterocycles. The van der Waals surface area contributed by atoms with Crippen LogP contribution in [0, 0.1) is 0 Å². The molecule has 16 heavy (non-hydrogen) atoms. The number of benzene rings is 1. The minimum absolute atomic E-state index is 0.113. The van der Waals surface area contributed by atoms with Gasteiger partial charge >= 0.3 is 0 Å². The van der Waals surface area contributed by atoms with Crippen LogP contribution in [0.25, 0.3) is 11.3 Å². The second kappa shape index (κ2) is 4.94. The highest BCUT2D eigenvalue weighted by Gasteiger charge is 2.04. The van der Waals surface area contributed by atoms with E-state index >= 15 is 0 Å². The minimum atomic E-state index is 0.113. The summed E-state index contributed by atoms with van der Waals surface area (Å²) in [5, 5.41) is 13.1. The monoisotopic (exact) mass is 216 g/mol. The van der Waals surface area contributed by atoms with Crippen molar-refractivity contribution in [1.82, 2.24) is 9.78 Å². The second-order valence-electron chi connectivity index (χ2n) is 3.71. The summed E-state index contributed by atoms with van der Waals surface area (Å²) < 4.78 is 1.82. The molecular formula is C13H16N2O. The van der Waals surface area contributed by atoms with Crippen molar-refractivity contribution in [3.05, 3.63) is 42.1 Å². The van der Waals surface area contributed by atoms with E-state index in [1.54, 1.807) is 6.20 Å². The van der Waals surface area contributed by atoms with Crippen LogP contribution in [0.2, 0.25) is 0 Å². The Morgan fingerprint density at radius 1 is 1.19 bits per heavy atom. The molecule has 0 aliphatic carbocycles. The SMILES string of the molecule is CCc1ccc(-c2ccnn2CCO)cc1. The summed E-state index contributed by atoms with van der Waals surface area (Å²) in [6.07, 6.45) is 2.81. The van der Waals surface area contributed by atoms with Crippen molar-refractivity contribution >= 4 is 0 Å². The number of aliphatic hydroxyl groups is 1. The molecule has 3 nitrogen and oxygen atoms in total. The van der Waals surface area contributed by atoms with Gasteiger partial charge in [-0.15, -0.1) is 0 Å². The van der Waals surface area contributed by atoms with Crippen LogP contribution in [0.1, 0.15) is 12.5 Å². The zero-order valence-electron chi connectivity index (χ0n) is 9.43. The van der Waals surface area contributed by atoms with Crippen LogP contribution < -0.4 is 0 Å². The number of aryl methyl sites for hydroxylation is 1. The summed E-state index contributed by atoms with van der Waals surface area (Å²) in [7, 11) is 0. The second-order valence-corrected chi connectivity index (χ2v) is 3.71. The molecule has 84 valence electrons. The van der Waals surface area contributed by atoms with Crippen molar-refractivity contribution in [3.63, 3.8) is 0 Å². The van der Waals surface area contributed by atoms with Crippen molar-refractivity contribution in [2.75, 3.05) is 6.61 Å². The first-order valence-electron chi connectivity index (χ1n) is 5.57. The van der Waals surface area contributed by atoms with Crippen LogP contribution in [0.15, 0.2) is 36.5 Å². The molecule has 2 aromatic rings. The van der Waals surface area contributed by atoms with Crippen LogP contribution in [0.5, 0.6) is 0 Å². The summed E-state index contributed by atoms with van der Waals surface area (Å²) >= 11 is 0. The van der Waals surface area contributed by atoms with Gasteiger partial charge in [0.1, 0.15) is 0 Å². The molecule has 0 fully saturated rings. The fraction of sp³-hybridized carbons (Fsp3) is 0.308. The zero-order valence-corrected chi connectivity index (χ0v) is 9.43. The lowest BCUT2D eigenvalue weighted by atomic mass is 10.1. The molecule has 2 rings (SSSR count). The Kier molecular flexibility index (Phi) is 3.37. The molecule has 0 unspecified atom stereocenters. The van der Waals surface area contributed by atoms with Gasteiger partial charge in [0.25, 0.3) is 0 Å². The van der Waals surface area contributed by atoms with Gasteiger partial charge in [0.2, 0.25) is 0 Å². The number of hydrogen-bond donors (Lipinski definition) is 1. The van der Waals surface area contributed by atoms with Gasteiger partial charge in [-0.05, 0) is 23.6 Å². The quantitative estimate of drug-likeness (QED) is 0.850. The van der Waals surface area contributed by atoms with Crippen molar-refractivity contribution in [2.24, 2.45) is 0 Å². The normalized spacial score (nSPS) is 10.6. The molecule has 0 spiro atoms. The van der Waals surface area contributed by atoms with Crippen molar-refractivity contribution in [3.8, 4) is 11.3 Å². The first-order chi connectivity index (χ1) is 7.85. The highest BCUT2D eigenvalue weighted by atomic mass is 16.3. The van der Waals surface area contributed by atoms with Crippen LogP contribution in [-0.2, 0) is 13.0 Å². The number of nitrogens with zero attached hydrogens (tertiary/aromatic N) is 2. The summed E-state index contributed by atoms with van der Waals surface area (Å²) in [6, 6.07) is 10.4. The number of aromatic nitrogens is 2. The van der Waals surface area contributed by atoms with Gasteiger partial charge in [0.15, 0.2) is 0 Å². The van der Waals surface area contributed by atoms with Gasteiger partial charge in [-0.1, -0.05) is 31.2 Å². The van der Waals surface area contributed by atoms with Gasteiger partial charge in [0.05, 0.1) is 18.8 Å². The minimum Gasteiger partial charge on any atom is -0.394 e. The number of hydrogen-bond acceptors (Lipinski definition) is 2. The largest absolute Gasteiger partial charge is 0.394 e. The van der Waals surface area contributed by atoms with Crippen LogP contribution in [0.3, 0.4) is 0 Å². The molecule has 0 aliphatic rings. The lowest BCUT2D eigenvalue weighted by Crippen LogP contribution is -2.05. The van der Waals surface area contributed by atoms with Crippen LogP contribution >= 0.6 is 0 Å². The Balaban J connectivity index is 2.31. The summed E-state index contributed by atoms with van der Waals surface area (Å²) in [6.45, 7) is 2.80. The molecule has 0 amide bonds. The summed E-state index contributed by atoms with van der Waals surface area (Å²) in [5.74, 6) is 0. The van der Waals surface area contributed by atoms with Gasteiger partial charge in [-0.25, -0.2) is 0 Å². The molecule has 1 aromatic carbocycles. The molecule has 0 saturated heterocycles. The lowest BCUT2D eigenvalue weighted by Gasteiger charge is -2.06. The molecule has 0 saturated carbocycles. The Morgan fingerprint density at radius 3 is 2.56 bits per heavy atom. The highest BCUT2D eigenvalue weighted by Crippen LogP contribution is 2.19. The van der Waals surface area contributed by atoms with E-state index in [1.807, 2.05) is 10.7 Å². The fourth-order valence-corrected chi connectivity index (χ4v) is 1.76. The molecule has 1 N–H and O–H groups in total. The molecule has 0 radical (unpaired) electrons. The number of aliphatic hydroxyl groups excluding tert-OH is 1. The van der Waals surface area contributed by atoms with E-state index in [4.69, 9.17) is 5.11 Å². The van der Waals surface area contributed by atoms with E-state index in [2.05, 4.69) is 36.3 Å². The highest BCUT2D eigenvalue weighted by molar-refractivity contribution is 5.59. The Hall–Kier alpha value is -1.61. The molecule has 3 heteroatoms. The summed E-state index contributed by atoms with van der Waals surface area (Å²) in [5.41, 5.74) is 3.52.